The van der Waals surface area contributed by atoms with E-state index in [0.717, 1.165) is 24.8 Å². The van der Waals surface area contributed by atoms with Gasteiger partial charge in [0.15, 0.2) is 0 Å². The maximum absolute atomic E-state index is 13.7. The maximum Gasteiger partial charge on any atom is 0.257 e. The first-order valence-corrected chi connectivity index (χ1v) is 14.0. The molecule has 1 aromatic carbocycles. The minimum Gasteiger partial charge on any atom is -0.361 e. The van der Waals surface area contributed by atoms with Gasteiger partial charge in [0.05, 0.1) is 16.3 Å². The van der Waals surface area contributed by atoms with Gasteiger partial charge in [-0.25, -0.2) is 8.42 Å². The molecule has 10 heteroatoms. The Labute approximate surface area is 212 Å². The number of aryl methyl sites for hydroxylation is 3. The average molecular weight is 521 g/mol. The average Bonchev–Trinajstić information content (AvgIpc) is 3.15. The minimum atomic E-state index is -3.90. The lowest BCUT2D eigenvalue weighted by Crippen LogP contribution is -2.42. The summed E-state index contributed by atoms with van der Waals surface area (Å²) in [7, 11) is -3.90. The predicted molar refractivity (Wildman–Crippen MR) is 136 cm³/mol. The van der Waals surface area contributed by atoms with Crippen LogP contribution in [0.3, 0.4) is 0 Å². The van der Waals surface area contributed by atoms with Crippen LogP contribution in [0.2, 0.25) is 5.02 Å². The van der Waals surface area contributed by atoms with E-state index in [1.54, 1.807) is 30.9 Å². The molecule has 2 aliphatic heterocycles. The van der Waals surface area contributed by atoms with Crippen molar-refractivity contribution in [2.45, 2.75) is 57.8 Å². The molecule has 0 saturated carbocycles. The molecule has 0 aliphatic carbocycles. The van der Waals surface area contributed by atoms with Crippen LogP contribution in [-0.2, 0) is 14.8 Å². The molecule has 2 amide bonds. The number of amides is 2. The van der Waals surface area contributed by atoms with E-state index < -0.39 is 10.0 Å². The van der Waals surface area contributed by atoms with Crippen LogP contribution in [0.5, 0.6) is 0 Å². The number of carbonyl (C=O) groups is 2. The van der Waals surface area contributed by atoms with Gasteiger partial charge in [0.25, 0.3) is 5.91 Å². The number of nitrogens with one attached hydrogen (secondary N) is 2. The maximum atomic E-state index is 13.7. The number of nitrogens with zero attached hydrogens (tertiary/aromatic N) is 2. The van der Waals surface area contributed by atoms with E-state index in [4.69, 9.17) is 11.6 Å². The number of carbonyl (C=O) groups excluding carboxylic acids is 2. The van der Waals surface area contributed by atoms with E-state index >= 15 is 0 Å². The zero-order valence-corrected chi connectivity index (χ0v) is 22.1. The van der Waals surface area contributed by atoms with Crippen molar-refractivity contribution in [2.24, 2.45) is 5.92 Å². The SMILES string of the molecule is Cc1ccc(NC(=O)C2CCN(S(=O)(=O)c3c(C)[nH]c(C)c3C(=O)N3CCCCC3)CC2)c(Cl)c1. The highest BCUT2D eigenvalue weighted by Crippen LogP contribution is 2.32. The highest BCUT2D eigenvalue weighted by molar-refractivity contribution is 7.89. The van der Waals surface area contributed by atoms with Crippen molar-refractivity contribution in [1.29, 1.82) is 0 Å². The lowest BCUT2D eigenvalue weighted by molar-refractivity contribution is -0.120. The van der Waals surface area contributed by atoms with Crippen molar-refractivity contribution in [2.75, 3.05) is 31.5 Å². The quantitative estimate of drug-likeness (QED) is 0.614. The molecular weight excluding hydrogens is 488 g/mol. The van der Waals surface area contributed by atoms with Crippen molar-refractivity contribution in [3.8, 4) is 0 Å². The van der Waals surface area contributed by atoms with Gasteiger partial charge in [0.1, 0.15) is 4.90 Å². The van der Waals surface area contributed by atoms with Crippen LogP contribution in [0, 0.1) is 26.7 Å². The van der Waals surface area contributed by atoms with Crippen LogP contribution < -0.4 is 5.32 Å². The molecule has 0 spiro atoms. The van der Waals surface area contributed by atoms with Crippen molar-refractivity contribution in [1.82, 2.24) is 14.2 Å². The Hall–Kier alpha value is -2.36. The van der Waals surface area contributed by atoms with Crippen LogP contribution in [0.25, 0.3) is 0 Å². The van der Waals surface area contributed by atoms with Crippen LogP contribution in [0.1, 0.15) is 59.4 Å². The Bertz CT molecular complexity index is 1230. The van der Waals surface area contributed by atoms with Gasteiger partial charge in [-0.1, -0.05) is 17.7 Å². The van der Waals surface area contributed by atoms with Crippen molar-refractivity contribution in [3.63, 3.8) is 0 Å². The van der Waals surface area contributed by atoms with Gasteiger partial charge in [-0.05, 0) is 70.6 Å². The lowest BCUT2D eigenvalue weighted by atomic mass is 9.97. The monoisotopic (exact) mass is 520 g/mol. The second kappa shape index (κ2) is 10.3. The van der Waals surface area contributed by atoms with Gasteiger partial charge in [-0.2, -0.15) is 4.31 Å². The summed E-state index contributed by atoms with van der Waals surface area (Å²) in [4.78, 5) is 31.0. The summed E-state index contributed by atoms with van der Waals surface area (Å²) in [5.74, 6) is -0.709. The van der Waals surface area contributed by atoms with Gasteiger partial charge in [0.2, 0.25) is 15.9 Å². The fourth-order valence-corrected chi connectivity index (χ4v) is 7.21. The Balaban J connectivity index is 1.48. The molecule has 2 saturated heterocycles. The summed E-state index contributed by atoms with van der Waals surface area (Å²) in [5, 5.41) is 3.35. The minimum absolute atomic E-state index is 0.0694. The summed E-state index contributed by atoms with van der Waals surface area (Å²) in [5.41, 5.74) is 2.84. The van der Waals surface area contributed by atoms with Gasteiger partial charge in [-0.3, -0.25) is 9.59 Å². The molecule has 35 heavy (non-hydrogen) atoms. The smallest absolute Gasteiger partial charge is 0.257 e. The van der Waals surface area contributed by atoms with Crippen LogP contribution in [-0.4, -0.2) is 60.6 Å². The van der Waals surface area contributed by atoms with E-state index in [1.165, 1.54) is 4.31 Å². The van der Waals surface area contributed by atoms with E-state index in [0.29, 0.717) is 48.0 Å². The van der Waals surface area contributed by atoms with Crippen LogP contribution in [0.15, 0.2) is 23.1 Å². The number of hydrogen-bond acceptors (Lipinski definition) is 4. The molecule has 0 bridgehead atoms. The topological polar surface area (TPSA) is 103 Å². The normalized spacial score (nSPS) is 18.0. The first kappa shape index (κ1) is 25.7. The largest absolute Gasteiger partial charge is 0.361 e. The second-order valence-corrected chi connectivity index (χ2v) is 11.9. The first-order chi connectivity index (χ1) is 16.6. The summed E-state index contributed by atoms with van der Waals surface area (Å²) >= 11 is 6.24. The molecule has 4 rings (SSSR count). The molecule has 8 nitrogen and oxygen atoms in total. The number of rotatable bonds is 5. The molecule has 0 radical (unpaired) electrons. The van der Waals surface area contributed by atoms with Gasteiger partial charge in [0, 0.05) is 43.5 Å². The Kier molecular flexibility index (Phi) is 7.59. The van der Waals surface area contributed by atoms with E-state index in [1.807, 2.05) is 13.0 Å². The summed E-state index contributed by atoms with van der Waals surface area (Å²) in [6.07, 6.45) is 3.73. The Morgan fingerprint density at radius 1 is 1.00 bits per heavy atom. The predicted octanol–water partition coefficient (Wildman–Crippen LogP) is 4.26. The fraction of sp³-hybridized carbons (Fsp3) is 0.520. The van der Waals surface area contributed by atoms with E-state index in [2.05, 4.69) is 10.3 Å². The molecule has 2 N–H and O–H groups in total. The zero-order chi connectivity index (χ0) is 25.3. The van der Waals surface area contributed by atoms with Crippen LogP contribution in [0.4, 0.5) is 5.69 Å². The molecule has 2 fully saturated rings. The van der Waals surface area contributed by atoms with Crippen molar-refractivity contribution in [3.05, 3.63) is 45.7 Å². The standard InChI is InChI=1S/C25H33ClN4O4S/c1-16-7-8-21(20(26)15-16)28-24(31)19-9-13-30(14-10-19)35(33,34)23-18(3)27-17(2)22(23)25(32)29-11-5-4-6-12-29/h7-8,15,19,27H,4-6,9-14H2,1-3H3,(H,28,31). The van der Waals surface area contributed by atoms with Gasteiger partial charge < -0.3 is 15.2 Å². The number of halogens is 1. The first-order valence-electron chi connectivity index (χ1n) is 12.1. The lowest BCUT2D eigenvalue weighted by Gasteiger charge is -2.31. The summed E-state index contributed by atoms with van der Waals surface area (Å²) in [6, 6.07) is 5.43. The van der Waals surface area contributed by atoms with E-state index in [-0.39, 0.29) is 41.3 Å². The van der Waals surface area contributed by atoms with E-state index in [9.17, 15) is 18.0 Å². The molecule has 0 atom stereocenters. The van der Waals surface area contributed by atoms with Crippen molar-refractivity contribution < 1.29 is 18.0 Å². The molecular formula is C25H33ClN4O4S. The van der Waals surface area contributed by atoms with Crippen LogP contribution >= 0.6 is 11.6 Å². The number of hydrogen-bond donors (Lipinski definition) is 2. The molecule has 3 heterocycles. The molecule has 2 aromatic rings. The number of likely N-dealkylation sites (tertiary alicyclic amines) is 1. The number of benzene rings is 1. The molecule has 2 aliphatic rings. The highest BCUT2D eigenvalue weighted by Gasteiger charge is 2.38. The third kappa shape index (κ3) is 5.27. The molecule has 0 unspecified atom stereocenters. The highest BCUT2D eigenvalue weighted by atomic mass is 35.5. The molecule has 190 valence electrons. The summed E-state index contributed by atoms with van der Waals surface area (Å²) < 4.78 is 28.8. The Morgan fingerprint density at radius 2 is 1.66 bits per heavy atom. The number of anilines is 1. The Morgan fingerprint density at radius 3 is 2.29 bits per heavy atom. The van der Waals surface area contributed by atoms with Gasteiger partial charge in [-0.15, -0.1) is 0 Å². The molecule has 1 aromatic heterocycles. The number of sulfonamides is 1. The third-order valence-corrected chi connectivity index (χ3v) is 9.36. The zero-order valence-electron chi connectivity index (χ0n) is 20.5. The van der Waals surface area contributed by atoms with Crippen molar-refractivity contribution >= 4 is 39.1 Å². The second-order valence-electron chi connectivity index (χ2n) is 9.58. The number of H-pyrrole nitrogens is 1. The number of piperidine rings is 2. The number of aromatic nitrogens is 1. The fourth-order valence-electron chi connectivity index (χ4n) is 5.04. The summed E-state index contributed by atoms with van der Waals surface area (Å²) in [6.45, 7) is 7.08. The van der Waals surface area contributed by atoms with Gasteiger partial charge >= 0.3 is 0 Å². The third-order valence-electron chi connectivity index (χ3n) is 6.98. The number of aromatic amines is 1.